The molecule has 0 saturated carbocycles. The number of ether oxygens (including phenoxy) is 1. The van der Waals surface area contributed by atoms with Crippen LogP contribution < -0.4 is 10.1 Å². The van der Waals surface area contributed by atoms with Crippen LogP contribution >= 0.6 is 11.3 Å². The van der Waals surface area contributed by atoms with E-state index in [1.54, 1.807) is 40.7 Å². The molecule has 1 aliphatic heterocycles. The molecule has 1 aliphatic rings. The minimum absolute atomic E-state index is 0.243. The zero-order valence-electron chi connectivity index (χ0n) is 17.0. The third-order valence-corrected chi connectivity index (χ3v) is 8.50. The van der Waals surface area contributed by atoms with Crippen molar-refractivity contribution in [2.45, 2.75) is 30.0 Å². The first kappa shape index (κ1) is 21.5. The summed E-state index contributed by atoms with van der Waals surface area (Å²) >= 11 is 1.21. The minimum Gasteiger partial charge on any atom is -0.457 e. The SMILES string of the molecule is O=C(NCc1ccc(S(=O)(=O)N2CCCCC2)s1)c1cccc(Oc2ccccc2)c1. The summed E-state index contributed by atoms with van der Waals surface area (Å²) in [6.07, 6.45) is 2.88. The smallest absolute Gasteiger partial charge is 0.252 e. The van der Waals surface area contributed by atoms with E-state index in [1.807, 2.05) is 30.3 Å². The van der Waals surface area contributed by atoms with Crippen LogP contribution in [0.2, 0.25) is 0 Å². The molecule has 0 bridgehead atoms. The summed E-state index contributed by atoms with van der Waals surface area (Å²) in [5, 5.41) is 2.86. The Morgan fingerprint density at radius 1 is 0.935 bits per heavy atom. The van der Waals surface area contributed by atoms with Crippen LogP contribution in [0, 0.1) is 0 Å². The maximum atomic E-state index is 12.8. The number of carbonyl (C=O) groups is 1. The normalized spacial score (nSPS) is 14.8. The van der Waals surface area contributed by atoms with Crippen molar-refractivity contribution in [3.05, 3.63) is 77.2 Å². The molecule has 162 valence electrons. The van der Waals surface area contributed by atoms with Gasteiger partial charge in [0, 0.05) is 23.5 Å². The molecule has 1 N–H and O–H groups in total. The summed E-state index contributed by atoms with van der Waals surface area (Å²) < 4.78 is 33.2. The fourth-order valence-electron chi connectivity index (χ4n) is 3.42. The second-order valence-electron chi connectivity index (χ2n) is 7.31. The summed E-state index contributed by atoms with van der Waals surface area (Å²) in [7, 11) is -3.44. The lowest BCUT2D eigenvalue weighted by molar-refractivity contribution is 0.0951. The van der Waals surface area contributed by atoms with E-state index in [0.717, 1.165) is 24.1 Å². The molecule has 3 aromatic rings. The fraction of sp³-hybridized carbons (Fsp3) is 0.261. The van der Waals surface area contributed by atoms with Crippen molar-refractivity contribution < 1.29 is 17.9 Å². The van der Waals surface area contributed by atoms with Gasteiger partial charge in [-0.1, -0.05) is 30.7 Å². The Kier molecular flexibility index (Phi) is 6.70. The van der Waals surface area contributed by atoms with Gasteiger partial charge in [-0.3, -0.25) is 4.79 Å². The predicted octanol–water partition coefficient (Wildman–Crippen LogP) is 4.65. The van der Waals surface area contributed by atoms with Crippen LogP contribution in [0.15, 0.2) is 70.9 Å². The number of carbonyl (C=O) groups excluding carboxylic acids is 1. The van der Waals surface area contributed by atoms with E-state index in [-0.39, 0.29) is 12.5 Å². The van der Waals surface area contributed by atoms with Crippen LogP contribution in [-0.4, -0.2) is 31.7 Å². The molecule has 0 radical (unpaired) electrons. The van der Waals surface area contributed by atoms with Crippen molar-refractivity contribution in [2.75, 3.05) is 13.1 Å². The molecule has 1 amide bonds. The Labute approximate surface area is 186 Å². The molecule has 6 nitrogen and oxygen atoms in total. The average molecular weight is 457 g/mol. The standard InChI is InChI=1S/C23H24N2O4S2/c26-23(18-8-7-11-20(16-18)29-19-9-3-1-4-10-19)24-17-21-12-13-22(30-21)31(27,28)25-14-5-2-6-15-25/h1,3-4,7-13,16H,2,5-6,14-15,17H2,(H,24,26). The first-order valence-electron chi connectivity index (χ1n) is 10.2. The number of amides is 1. The monoisotopic (exact) mass is 456 g/mol. The van der Waals surface area contributed by atoms with Crippen molar-refractivity contribution >= 4 is 27.3 Å². The lowest BCUT2D eigenvalue weighted by atomic mass is 10.2. The quantitative estimate of drug-likeness (QED) is 0.562. The van der Waals surface area contributed by atoms with Crippen LogP contribution in [0.4, 0.5) is 0 Å². The molecule has 2 aromatic carbocycles. The van der Waals surface area contributed by atoms with Gasteiger partial charge in [-0.25, -0.2) is 8.42 Å². The zero-order chi connectivity index (χ0) is 21.7. The zero-order valence-corrected chi connectivity index (χ0v) is 18.6. The Hall–Kier alpha value is -2.68. The van der Waals surface area contributed by atoms with Gasteiger partial charge in [0.15, 0.2) is 0 Å². The highest BCUT2D eigenvalue weighted by Crippen LogP contribution is 2.27. The summed E-state index contributed by atoms with van der Waals surface area (Å²) in [6, 6.07) is 19.7. The van der Waals surface area contributed by atoms with E-state index in [1.165, 1.54) is 11.3 Å². The van der Waals surface area contributed by atoms with Crippen LogP contribution in [0.5, 0.6) is 11.5 Å². The number of para-hydroxylation sites is 1. The Balaban J connectivity index is 1.38. The summed E-state index contributed by atoms with van der Waals surface area (Å²) in [4.78, 5) is 13.4. The Bertz CT molecular complexity index is 1140. The van der Waals surface area contributed by atoms with Gasteiger partial charge in [-0.15, -0.1) is 11.3 Å². The Morgan fingerprint density at radius 3 is 2.45 bits per heavy atom. The molecule has 2 heterocycles. The highest BCUT2D eigenvalue weighted by atomic mass is 32.2. The molecule has 1 saturated heterocycles. The van der Waals surface area contributed by atoms with Gasteiger partial charge in [0.2, 0.25) is 0 Å². The average Bonchev–Trinajstić information content (AvgIpc) is 3.29. The first-order valence-corrected chi connectivity index (χ1v) is 12.5. The number of thiophene rings is 1. The van der Waals surface area contributed by atoms with Gasteiger partial charge in [-0.05, 0) is 55.3 Å². The van der Waals surface area contributed by atoms with Gasteiger partial charge in [0.1, 0.15) is 15.7 Å². The molecule has 8 heteroatoms. The van der Waals surface area contributed by atoms with Gasteiger partial charge in [-0.2, -0.15) is 4.31 Å². The summed E-state index contributed by atoms with van der Waals surface area (Å²) in [6.45, 7) is 1.42. The van der Waals surface area contributed by atoms with Crippen molar-refractivity contribution in [1.29, 1.82) is 0 Å². The Morgan fingerprint density at radius 2 is 1.68 bits per heavy atom. The summed E-state index contributed by atoms with van der Waals surface area (Å²) in [5.41, 5.74) is 0.478. The first-order chi connectivity index (χ1) is 15.0. The molecule has 1 aromatic heterocycles. The van der Waals surface area contributed by atoms with Crippen molar-refractivity contribution in [3.8, 4) is 11.5 Å². The van der Waals surface area contributed by atoms with Crippen LogP contribution in [0.3, 0.4) is 0 Å². The summed E-state index contributed by atoms with van der Waals surface area (Å²) in [5.74, 6) is 1.03. The molecule has 4 rings (SSSR count). The number of benzene rings is 2. The minimum atomic E-state index is -3.44. The molecular formula is C23H24N2O4S2. The second kappa shape index (κ2) is 9.64. The number of nitrogens with zero attached hydrogens (tertiary/aromatic N) is 1. The second-order valence-corrected chi connectivity index (χ2v) is 10.6. The van der Waals surface area contributed by atoms with Gasteiger partial charge >= 0.3 is 0 Å². The van der Waals surface area contributed by atoms with Crippen LogP contribution in [-0.2, 0) is 16.6 Å². The van der Waals surface area contributed by atoms with E-state index in [2.05, 4.69) is 5.32 Å². The van der Waals surface area contributed by atoms with Crippen molar-refractivity contribution in [2.24, 2.45) is 0 Å². The topological polar surface area (TPSA) is 75.7 Å². The maximum absolute atomic E-state index is 12.8. The molecule has 0 spiro atoms. The van der Waals surface area contributed by atoms with E-state index < -0.39 is 10.0 Å². The lowest BCUT2D eigenvalue weighted by Crippen LogP contribution is -2.35. The third kappa shape index (κ3) is 5.33. The number of nitrogens with one attached hydrogen (secondary N) is 1. The number of hydrogen-bond acceptors (Lipinski definition) is 5. The van der Waals surface area contributed by atoms with E-state index in [4.69, 9.17) is 4.74 Å². The highest BCUT2D eigenvalue weighted by Gasteiger charge is 2.27. The predicted molar refractivity (Wildman–Crippen MR) is 121 cm³/mol. The maximum Gasteiger partial charge on any atom is 0.252 e. The largest absolute Gasteiger partial charge is 0.457 e. The van der Waals surface area contributed by atoms with Gasteiger partial charge in [0.05, 0.1) is 6.54 Å². The fourth-order valence-corrected chi connectivity index (χ4v) is 6.39. The van der Waals surface area contributed by atoms with E-state index >= 15 is 0 Å². The molecular weight excluding hydrogens is 432 g/mol. The van der Waals surface area contributed by atoms with Gasteiger partial charge < -0.3 is 10.1 Å². The highest BCUT2D eigenvalue weighted by molar-refractivity contribution is 7.91. The number of rotatable bonds is 7. The van der Waals surface area contributed by atoms with Crippen molar-refractivity contribution in [1.82, 2.24) is 9.62 Å². The molecule has 0 unspecified atom stereocenters. The third-order valence-electron chi connectivity index (χ3n) is 5.04. The molecule has 0 atom stereocenters. The van der Waals surface area contributed by atoms with Crippen LogP contribution in [0.25, 0.3) is 0 Å². The van der Waals surface area contributed by atoms with Crippen LogP contribution in [0.1, 0.15) is 34.5 Å². The van der Waals surface area contributed by atoms with Crippen molar-refractivity contribution in [3.63, 3.8) is 0 Å². The number of sulfonamides is 1. The molecule has 31 heavy (non-hydrogen) atoms. The molecule has 0 aliphatic carbocycles. The van der Waals surface area contributed by atoms with Gasteiger partial charge in [0.25, 0.3) is 15.9 Å². The number of hydrogen-bond donors (Lipinski definition) is 1. The number of piperidine rings is 1. The van der Waals surface area contributed by atoms with E-state index in [0.29, 0.717) is 34.4 Å². The lowest BCUT2D eigenvalue weighted by Gasteiger charge is -2.25. The van der Waals surface area contributed by atoms with E-state index in [9.17, 15) is 13.2 Å². The molecule has 1 fully saturated rings.